The van der Waals surface area contributed by atoms with Gasteiger partial charge < -0.3 is 4.74 Å². The molecule has 0 heterocycles. The van der Waals surface area contributed by atoms with Gasteiger partial charge in [0.05, 0.1) is 6.61 Å². The molecule has 7 heteroatoms. The van der Waals surface area contributed by atoms with Crippen LogP contribution in [0.3, 0.4) is 0 Å². The fraction of sp³-hybridized carbons (Fsp3) is 0.833. The Hall–Kier alpha value is -0.170. The van der Waals surface area contributed by atoms with Crippen molar-refractivity contribution >= 4 is 43.8 Å². The smallest absolute Gasteiger partial charge is 0.362 e. The largest absolute Gasteiger partial charge is 0.465 e. The van der Waals surface area contributed by atoms with Crippen molar-refractivity contribution in [2.45, 2.75) is 43.8 Å². The van der Waals surface area contributed by atoms with E-state index in [1.54, 1.807) is 13.8 Å². The molecule has 0 aromatic carbocycles. The second-order valence-corrected chi connectivity index (χ2v) is 6.98. The first-order valence-corrected chi connectivity index (χ1v) is 7.77. The van der Waals surface area contributed by atoms with Crippen molar-refractivity contribution in [3.05, 3.63) is 0 Å². The lowest BCUT2D eigenvalue weighted by Gasteiger charge is -2.32. The first-order chi connectivity index (χ1) is 8.67. The normalized spacial score (nSPS) is 16.4. The highest BCUT2D eigenvalue weighted by atomic mass is 79.9. The van der Waals surface area contributed by atoms with Crippen molar-refractivity contribution in [3.8, 4) is 0 Å². The molecule has 0 aliphatic rings. The zero-order valence-corrected chi connectivity index (χ0v) is 14.6. The fourth-order valence-corrected chi connectivity index (χ4v) is 2.42. The summed E-state index contributed by atoms with van der Waals surface area (Å²) in [7, 11) is 0. The van der Waals surface area contributed by atoms with Gasteiger partial charge in [0.15, 0.2) is 0 Å². The molecule has 0 N–H and O–H groups in total. The van der Waals surface area contributed by atoms with E-state index in [2.05, 4.69) is 36.8 Å². The van der Waals surface area contributed by atoms with Gasteiger partial charge in [-0.2, -0.15) is 0 Å². The minimum absolute atomic E-state index is 0.201. The lowest BCUT2D eigenvalue weighted by atomic mass is 9.79. The van der Waals surface area contributed by atoms with Crippen LogP contribution < -0.4 is 0 Å². The standard InChI is InChI=1S/C12H19Br2FO4/c1-5-18-11(17)9(14)12(3,4)6-7(2)8(13)10(16)19-15/h7-9H,5-6H2,1-4H3. The minimum Gasteiger partial charge on any atom is -0.465 e. The maximum Gasteiger partial charge on any atom is 0.362 e. The van der Waals surface area contributed by atoms with E-state index in [9.17, 15) is 14.1 Å². The van der Waals surface area contributed by atoms with E-state index >= 15 is 0 Å². The molecule has 0 fully saturated rings. The van der Waals surface area contributed by atoms with Gasteiger partial charge in [-0.05, 0) is 24.7 Å². The highest BCUT2D eigenvalue weighted by molar-refractivity contribution is 9.10. The minimum atomic E-state index is -0.967. The molecule has 0 rings (SSSR count). The van der Waals surface area contributed by atoms with Crippen LogP contribution in [-0.4, -0.2) is 28.2 Å². The lowest BCUT2D eigenvalue weighted by Crippen LogP contribution is -2.36. The molecule has 4 nitrogen and oxygen atoms in total. The van der Waals surface area contributed by atoms with E-state index in [4.69, 9.17) is 4.74 Å². The third kappa shape index (κ3) is 5.77. The number of hydrogen-bond acceptors (Lipinski definition) is 4. The van der Waals surface area contributed by atoms with Gasteiger partial charge in [0.2, 0.25) is 0 Å². The van der Waals surface area contributed by atoms with Crippen LogP contribution in [0, 0.1) is 11.3 Å². The lowest BCUT2D eigenvalue weighted by molar-refractivity contribution is -0.183. The number of halogens is 3. The van der Waals surface area contributed by atoms with Gasteiger partial charge >= 0.3 is 11.9 Å². The number of esters is 1. The number of carbonyl (C=O) groups is 2. The topological polar surface area (TPSA) is 52.6 Å². The average molecular weight is 406 g/mol. The molecule has 112 valence electrons. The molecule has 3 atom stereocenters. The molecule has 0 aromatic heterocycles. The van der Waals surface area contributed by atoms with E-state index in [1.807, 2.05) is 13.8 Å². The second kappa shape index (κ2) is 8.19. The number of hydrogen-bond donors (Lipinski definition) is 0. The fourth-order valence-electron chi connectivity index (χ4n) is 1.85. The molecule has 19 heavy (non-hydrogen) atoms. The van der Waals surface area contributed by atoms with Gasteiger partial charge in [-0.1, -0.05) is 52.6 Å². The number of alkyl halides is 2. The van der Waals surface area contributed by atoms with Crippen molar-refractivity contribution in [1.29, 1.82) is 0 Å². The number of carbonyl (C=O) groups excluding carboxylic acids is 2. The Bertz CT molecular complexity index is 323. The summed E-state index contributed by atoms with van der Waals surface area (Å²) in [5.74, 6) is -1.52. The quantitative estimate of drug-likeness (QED) is 0.480. The molecule has 0 amide bonds. The Morgan fingerprint density at radius 1 is 1.26 bits per heavy atom. The summed E-state index contributed by atoms with van der Waals surface area (Å²) in [6.45, 7) is 7.57. The van der Waals surface area contributed by atoms with Crippen LogP contribution in [0.25, 0.3) is 0 Å². The summed E-state index contributed by atoms with van der Waals surface area (Å²) < 4.78 is 16.8. The molecule has 3 unspecified atom stereocenters. The van der Waals surface area contributed by atoms with Crippen LogP contribution >= 0.6 is 31.9 Å². The summed E-state index contributed by atoms with van der Waals surface area (Å²) in [4.78, 5) is 24.8. The number of rotatable bonds is 7. The van der Waals surface area contributed by atoms with Gasteiger partial charge in [0, 0.05) is 4.53 Å². The average Bonchev–Trinajstić information content (AvgIpc) is 2.35. The van der Waals surface area contributed by atoms with Crippen molar-refractivity contribution in [2.24, 2.45) is 11.3 Å². The second-order valence-electron chi connectivity index (χ2n) is 5.08. The molecule has 0 aliphatic carbocycles. The Morgan fingerprint density at radius 3 is 2.21 bits per heavy atom. The van der Waals surface area contributed by atoms with Gasteiger partial charge in [-0.15, -0.1) is 0 Å². The summed E-state index contributed by atoms with van der Waals surface area (Å²) >= 11 is 6.41. The zero-order valence-electron chi connectivity index (χ0n) is 11.4. The summed E-state index contributed by atoms with van der Waals surface area (Å²) in [6, 6.07) is 0. The molecular formula is C12H19Br2FO4. The molecule has 0 aliphatic heterocycles. The van der Waals surface area contributed by atoms with Crippen molar-refractivity contribution < 1.29 is 23.8 Å². The Balaban J connectivity index is 4.66. The highest BCUT2D eigenvalue weighted by Gasteiger charge is 2.38. The summed E-state index contributed by atoms with van der Waals surface area (Å²) in [5.41, 5.74) is -0.450. The molecule has 0 spiro atoms. The van der Waals surface area contributed by atoms with E-state index in [0.29, 0.717) is 13.0 Å². The Kier molecular flexibility index (Phi) is 8.12. The predicted octanol–water partition coefficient (Wildman–Crippen LogP) is 3.56. The summed E-state index contributed by atoms with van der Waals surface area (Å²) in [5, 5.41) is 0. The maximum absolute atomic E-state index is 11.9. The van der Waals surface area contributed by atoms with Crippen molar-refractivity contribution in [1.82, 2.24) is 0 Å². The highest BCUT2D eigenvalue weighted by Crippen LogP contribution is 2.37. The molecular weight excluding hydrogens is 387 g/mol. The van der Waals surface area contributed by atoms with Crippen LogP contribution in [-0.2, 0) is 19.3 Å². The molecule has 0 saturated carbocycles. The van der Waals surface area contributed by atoms with Crippen LogP contribution in [0.5, 0.6) is 0 Å². The van der Waals surface area contributed by atoms with Crippen molar-refractivity contribution in [3.63, 3.8) is 0 Å². The first-order valence-electron chi connectivity index (χ1n) is 5.94. The molecule has 0 aromatic rings. The van der Waals surface area contributed by atoms with E-state index in [-0.39, 0.29) is 11.9 Å². The Morgan fingerprint density at radius 2 is 1.79 bits per heavy atom. The third-order valence-electron chi connectivity index (χ3n) is 2.83. The monoisotopic (exact) mass is 404 g/mol. The summed E-state index contributed by atoms with van der Waals surface area (Å²) in [6.07, 6.45) is 0.507. The predicted molar refractivity (Wildman–Crippen MR) is 76.8 cm³/mol. The van der Waals surface area contributed by atoms with Crippen LogP contribution in [0.4, 0.5) is 4.53 Å². The zero-order chi connectivity index (χ0) is 15.2. The van der Waals surface area contributed by atoms with E-state index in [0.717, 1.165) is 0 Å². The Labute approximate surface area is 129 Å². The van der Waals surface area contributed by atoms with Crippen molar-refractivity contribution in [2.75, 3.05) is 6.61 Å². The van der Waals surface area contributed by atoms with Crippen LogP contribution in [0.2, 0.25) is 0 Å². The van der Waals surface area contributed by atoms with Gasteiger partial charge in [0.25, 0.3) is 0 Å². The van der Waals surface area contributed by atoms with Crippen LogP contribution in [0.1, 0.15) is 34.1 Å². The molecule has 0 bridgehead atoms. The first kappa shape index (κ1) is 18.8. The number of ether oxygens (including phenoxy) is 1. The van der Waals surface area contributed by atoms with E-state index in [1.165, 1.54) is 0 Å². The van der Waals surface area contributed by atoms with Gasteiger partial charge in [0.1, 0.15) is 9.65 Å². The molecule has 0 radical (unpaired) electrons. The van der Waals surface area contributed by atoms with E-state index < -0.39 is 21.0 Å². The van der Waals surface area contributed by atoms with Gasteiger partial charge in [-0.3, -0.25) is 9.74 Å². The molecule has 0 saturated heterocycles. The third-order valence-corrected chi connectivity index (χ3v) is 5.72. The maximum atomic E-state index is 11.9. The SMILES string of the molecule is CCOC(=O)C(Br)C(C)(C)CC(C)C(Br)C(=O)OF. The van der Waals surface area contributed by atoms with Crippen LogP contribution in [0.15, 0.2) is 0 Å². The van der Waals surface area contributed by atoms with Gasteiger partial charge in [-0.25, -0.2) is 4.79 Å².